The van der Waals surface area contributed by atoms with Crippen LogP contribution in [-0.2, 0) is 0 Å². The number of primary amides is 1. The fourth-order valence-corrected chi connectivity index (χ4v) is 2.79. The van der Waals surface area contributed by atoms with Crippen molar-refractivity contribution in [3.05, 3.63) is 60.6 Å². The molecule has 0 aliphatic carbocycles. The van der Waals surface area contributed by atoms with Crippen LogP contribution in [0.4, 0.5) is 0 Å². The van der Waals surface area contributed by atoms with Gasteiger partial charge in [-0.25, -0.2) is 15.0 Å². The molecule has 27 heavy (non-hydrogen) atoms. The molecule has 0 saturated heterocycles. The van der Waals surface area contributed by atoms with Crippen molar-refractivity contribution < 1.29 is 14.6 Å². The van der Waals surface area contributed by atoms with E-state index >= 15 is 0 Å². The summed E-state index contributed by atoms with van der Waals surface area (Å²) in [6.45, 7) is 0. The number of aromatic nitrogens is 4. The number of hydrogen-bond donors (Lipinski definition) is 2. The summed E-state index contributed by atoms with van der Waals surface area (Å²) in [5.74, 6) is 0.178. The Morgan fingerprint density at radius 1 is 1.11 bits per heavy atom. The first-order valence-electron chi connectivity index (χ1n) is 8.06. The van der Waals surface area contributed by atoms with Gasteiger partial charge >= 0.3 is 0 Å². The van der Waals surface area contributed by atoms with Crippen molar-refractivity contribution in [1.82, 2.24) is 19.5 Å². The number of nitrogens with two attached hydrogens (primary N) is 1. The molecule has 0 atom stereocenters. The molecule has 8 heteroatoms. The number of ether oxygens (including phenoxy) is 1. The van der Waals surface area contributed by atoms with Crippen molar-refractivity contribution in [3.8, 4) is 28.6 Å². The van der Waals surface area contributed by atoms with Crippen molar-refractivity contribution in [2.24, 2.45) is 5.73 Å². The second-order valence-electron chi connectivity index (χ2n) is 5.76. The van der Waals surface area contributed by atoms with Gasteiger partial charge < -0.3 is 15.6 Å². The van der Waals surface area contributed by atoms with Gasteiger partial charge in [0.2, 0.25) is 0 Å². The first kappa shape index (κ1) is 16.5. The maximum Gasteiger partial charge on any atom is 0.269 e. The van der Waals surface area contributed by atoms with Gasteiger partial charge in [0.15, 0.2) is 17.2 Å². The Morgan fingerprint density at radius 2 is 1.85 bits per heavy atom. The third kappa shape index (κ3) is 2.82. The predicted octanol–water partition coefficient (Wildman–Crippen LogP) is 2.30. The van der Waals surface area contributed by atoms with Crippen LogP contribution in [0.15, 0.2) is 54.9 Å². The number of carbonyl (C=O) groups is 1. The number of imidazole rings is 1. The van der Waals surface area contributed by atoms with Gasteiger partial charge in [0.1, 0.15) is 23.3 Å². The first-order valence-corrected chi connectivity index (χ1v) is 8.06. The summed E-state index contributed by atoms with van der Waals surface area (Å²) in [5.41, 5.74) is 7.35. The third-order valence-corrected chi connectivity index (χ3v) is 4.13. The smallest absolute Gasteiger partial charge is 0.269 e. The van der Waals surface area contributed by atoms with Crippen LogP contribution in [0.5, 0.6) is 11.5 Å². The van der Waals surface area contributed by atoms with Gasteiger partial charge in [-0.1, -0.05) is 12.1 Å². The molecular weight excluding hydrogens is 346 g/mol. The average Bonchev–Trinajstić information content (AvgIpc) is 3.11. The summed E-state index contributed by atoms with van der Waals surface area (Å²) in [7, 11) is 1.59. The quantitative estimate of drug-likeness (QED) is 0.576. The van der Waals surface area contributed by atoms with E-state index < -0.39 is 5.91 Å². The molecule has 4 aromatic rings. The fourth-order valence-electron chi connectivity index (χ4n) is 2.79. The second-order valence-corrected chi connectivity index (χ2v) is 5.76. The van der Waals surface area contributed by atoms with E-state index in [0.29, 0.717) is 17.0 Å². The van der Waals surface area contributed by atoms with E-state index in [1.165, 1.54) is 6.07 Å². The van der Waals surface area contributed by atoms with Crippen LogP contribution in [0.25, 0.3) is 28.2 Å². The van der Waals surface area contributed by atoms with Crippen LogP contribution in [0.1, 0.15) is 10.5 Å². The summed E-state index contributed by atoms with van der Waals surface area (Å²) in [6.07, 6.45) is 1.54. The Morgan fingerprint density at radius 3 is 2.52 bits per heavy atom. The lowest BCUT2D eigenvalue weighted by atomic mass is 10.2. The van der Waals surface area contributed by atoms with Crippen LogP contribution < -0.4 is 10.5 Å². The Labute approximate surface area is 153 Å². The zero-order chi connectivity index (χ0) is 19.0. The molecule has 2 aromatic heterocycles. The molecule has 134 valence electrons. The molecule has 0 saturated carbocycles. The number of rotatable bonds is 4. The lowest BCUT2D eigenvalue weighted by molar-refractivity contribution is 0.0997. The van der Waals surface area contributed by atoms with Crippen molar-refractivity contribution in [2.45, 2.75) is 0 Å². The molecule has 4 rings (SSSR count). The number of fused-ring (bicyclic) bond motifs is 1. The van der Waals surface area contributed by atoms with Gasteiger partial charge in [0, 0.05) is 5.69 Å². The zero-order valence-corrected chi connectivity index (χ0v) is 14.3. The standard InChI is InChI=1S/C19H15N5O3/c1-27-12-8-6-11(7-9-12)24-10-21-16-15(17(20)26)22-18(23-19(16)24)13-4-2-3-5-14(13)25/h2-10,25H,1H3,(H2,20,26). The minimum atomic E-state index is -0.723. The van der Waals surface area contributed by atoms with Crippen LogP contribution in [0.3, 0.4) is 0 Å². The average molecular weight is 361 g/mol. The zero-order valence-electron chi connectivity index (χ0n) is 14.3. The number of nitrogens with zero attached hydrogens (tertiary/aromatic N) is 4. The third-order valence-electron chi connectivity index (χ3n) is 4.13. The number of para-hydroxylation sites is 1. The van der Waals surface area contributed by atoms with Crippen molar-refractivity contribution in [3.63, 3.8) is 0 Å². The van der Waals surface area contributed by atoms with Crippen molar-refractivity contribution in [2.75, 3.05) is 7.11 Å². The Balaban J connectivity index is 1.97. The molecule has 0 unspecified atom stereocenters. The lowest BCUT2D eigenvalue weighted by Crippen LogP contribution is -2.15. The summed E-state index contributed by atoms with van der Waals surface area (Å²) in [4.78, 5) is 24.9. The molecule has 0 radical (unpaired) electrons. The highest BCUT2D eigenvalue weighted by molar-refractivity contribution is 6.02. The second kappa shape index (κ2) is 6.41. The molecule has 0 bridgehead atoms. The minimum absolute atomic E-state index is 0.00258. The number of carbonyl (C=O) groups excluding carboxylic acids is 1. The predicted molar refractivity (Wildman–Crippen MR) is 98.8 cm³/mol. The van der Waals surface area contributed by atoms with E-state index in [1.807, 2.05) is 12.1 Å². The minimum Gasteiger partial charge on any atom is -0.507 e. The van der Waals surface area contributed by atoms with Gasteiger partial charge in [0.05, 0.1) is 12.7 Å². The molecule has 8 nitrogen and oxygen atoms in total. The maximum atomic E-state index is 11.9. The number of amides is 1. The molecule has 0 aliphatic heterocycles. The first-order chi connectivity index (χ1) is 13.1. The van der Waals surface area contributed by atoms with E-state index in [1.54, 1.807) is 48.3 Å². The number of phenolic OH excluding ortho intramolecular Hbond substituents is 1. The highest BCUT2D eigenvalue weighted by atomic mass is 16.5. The van der Waals surface area contributed by atoms with E-state index in [4.69, 9.17) is 10.5 Å². The number of methoxy groups -OCH3 is 1. The number of aromatic hydroxyl groups is 1. The largest absolute Gasteiger partial charge is 0.507 e. The molecule has 1 amide bonds. The number of hydrogen-bond acceptors (Lipinski definition) is 6. The molecule has 2 aromatic carbocycles. The van der Waals surface area contributed by atoms with E-state index in [-0.39, 0.29) is 22.8 Å². The Hall–Kier alpha value is -3.94. The molecule has 0 aliphatic rings. The number of phenols is 1. The highest BCUT2D eigenvalue weighted by Gasteiger charge is 2.19. The molecule has 0 spiro atoms. The summed E-state index contributed by atoms with van der Waals surface area (Å²) in [6, 6.07) is 13.9. The lowest BCUT2D eigenvalue weighted by Gasteiger charge is -2.08. The highest BCUT2D eigenvalue weighted by Crippen LogP contribution is 2.29. The molecule has 2 heterocycles. The topological polar surface area (TPSA) is 116 Å². The van der Waals surface area contributed by atoms with Crippen molar-refractivity contribution >= 4 is 17.1 Å². The van der Waals surface area contributed by atoms with Gasteiger partial charge in [0.25, 0.3) is 5.91 Å². The van der Waals surface area contributed by atoms with Gasteiger partial charge in [-0.2, -0.15) is 0 Å². The van der Waals surface area contributed by atoms with E-state index in [2.05, 4.69) is 15.0 Å². The summed E-state index contributed by atoms with van der Waals surface area (Å²) in [5, 5.41) is 10.1. The SMILES string of the molecule is COc1ccc(-n2cnc3c(C(N)=O)nc(-c4ccccc4O)nc32)cc1. The van der Waals surface area contributed by atoms with Crippen molar-refractivity contribution in [1.29, 1.82) is 0 Å². The Kier molecular flexibility index (Phi) is 3.92. The molecular formula is C19H15N5O3. The van der Waals surface area contributed by atoms with Crippen LogP contribution in [0.2, 0.25) is 0 Å². The van der Waals surface area contributed by atoms with Crippen LogP contribution in [-0.4, -0.2) is 37.6 Å². The van der Waals surface area contributed by atoms with E-state index in [9.17, 15) is 9.90 Å². The monoisotopic (exact) mass is 361 g/mol. The van der Waals surface area contributed by atoms with Crippen LogP contribution in [0, 0.1) is 0 Å². The Bertz CT molecular complexity index is 1150. The van der Waals surface area contributed by atoms with E-state index in [0.717, 1.165) is 5.69 Å². The van der Waals surface area contributed by atoms with Gasteiger partial charge in [-0.15, -0.1) is 0 Å². The maximum absolute atomic E-state index is 11.9. The molecule has 3 N–H and O–H groups in total. The van der Waals surface area contributed by atoms with Crippen LogP contribution >= 0.6 is 0 Å². The van der Waals surface area contributed by atoms with Gasteiger partial charge in [-0.3, -0.25) is 9.36 Å². The summed E-state index contributed by atoms with van der Waals surface area (Å²) < 4.78 is 6.89. The number of benzene rings is 2. The molecule has 0 fully saturated rings. The van der Waals surface area contributed by atoms with Gasteiger partial charge in [-0.05, 0) is 36.4 Å². The fraction of sp³-hybridized carbons (Fsp3) is 0.0526. The normalized spacial score (nSPS) is 10.9. The summed E-state index contributed by atoms with van der Waals surface area (Å²) >= 11 is 0.